The van der Waals surface area contributed by atoms with Crippen molar-refractivity contribution in [2.45, 2.75) is 95.5 Å². The third-order valence-corrected chi connectivity index (χ3v) is 4.69. The highest BCUT2D eigenvalue weighted by atomic mass is 16.4. The predicted octanol–water partition coefficient (Wildman–Crippen LogP) is 1.35. The van der Waals surface area contributed by atoms with Gasteiger partial charge in [0.25, 0.3) is 0 Å². The summed E-state index contributed by atoms with van der Waals surface area (Å²) in [5.74, 6) is 0.266. The lowest BCUT2D eigenvalue weighted by atomic mass is 9.95. The van der Waals surface area contributed by atoms with E-state index in [9.17, 15) is 20.4 Å². The van der Waals surface area contributed by atoms with Gasteiger partial charge in [0, 0.05) is 6.54 Å². The Labute approximate surface area is 146 Å². The molecule has 24 heavy (non-hydrogen) atoms. The summed E-state index contributed by atoms with van der Waals surface area (Å²) in [6, 6.07) is -0.685. The summed E-state index contributed by atoms with van der Waals surface area (Å²) in [5.41, 5.74) is 0. The van der Waals surface area contributed by atoms with Crippen molar-refractivity contribution in [1.82, 2.24) is 5.32 Å². The van der Waals surface area contributed by atoms with Crippen molar-refractivity contribution in [3.63, 3.8) is 0 Å². The second-order valence-electron chi connectivity index (χ2n) is 6.81. The molecule has 0 spiro atoms. The highest BCUT2D eigenvalue weighted by molar-refractivity contribution is 5.88. The third kappa shape index (κ3) is 7.47. The fourth-order valence-corrected chi connectivity index (χ4v) is 3.04. The molecule has 1 rings (SSSR count). The number of piperidine rings is 1. The van der Waals surface area contributed by atoms with E-state index in [2.05, 4.69) is 17.2 Å². The Morgan fingerprint density at radius 1 is 0.833 bits per heavy atom. The third-order valence-electron chi connectivity index (χ3n) is 4.69. The maximum Gasteiger partial charge on any atom is 0.139 e. The highest BCUT2D eigenvalue weighted by Gasteiger charge is 2.39. The highest BCUT2D eigenvalue weighted by Crippen LogP contribution is 2.13. The molecule has 0 bridgehead atoms. The van der Waals surface area contributed by atoms with Crippen molar-refractivity contribution in [1.29, 1.82) is 0 Å². The number of nitrogens with zero attached hydrogens (tertiary/aromatic N) is 1. The van der Waals surface area contributed by atoms with E-state index in [1.54, 1.807) is 0 Å². The second-order valence-corrected chi connectivity index (χ2v) is 6.81. The first kappa shape index (κ1) is 21.4. The largest absolute Gasteiger partial charge is 0.394 e. The van der Waals surface area contributed by atoms with E-state index in [0.29, 0.717) is 6.54 Å². The van der Waals surface area contributed by atoms with Crippen LogP contribution >= 0.6 is 0 Å². The fourth-order valence-electron chi connectivity index (χ4n) is 3.04. The molecule has 1 aliphatic heterocycles. The molecule has 4 atom stereocenters. The lowest BCUT2D eigenvalue weighted by molar-refractivity contribution is -0.0681. The summed E-state index contributed by atoms with van der Waals surface area (Å²) < 4.78 is 0. The molecule has 0 aromatic carbocycles. The van der Waals surface area contributed by atoms with Crippen LogP contribution in [-0.4, -0.2) is 63.8 Å². The molecule has 1 aliphatic rings. The van der Waals surface area contributed by atoms with Crippen LogP contribution in [-0.2, 0) is 0 Å². The number of hydrogen-bond acceptors (Lipinski definition) is 5. The van der Waals surface area contributed by atoms with E-state index in [1.165, 1.54) is 51.4 Å². The minimum Gasteiger partial charge on any atom is -0.394 e. The predicted molar refractivity (Wildman–Crippen MR) is 96.2 cm³/mol. The average Bonchev–Trinajstić information content (AvgIpc) is 2.59. The number of hydrogen-bond donors (Lipinski definition) is 5. The van der Waals surface area contributed by atoms with Gasteiger partial charge in [-0.25, -0.2) is 0 Å². The molecule has 0 aromatic heterocycles. The number of rotatable bonds is 12. The number of nitrogens with one attached hydrogen (secondary N) is 1. The van der Waals surface area contributed by atoms with Crippen LogP contribution in [0.25, 0.3) is 0 Å². The van der Waals surface area contributed by atoms with E-state index in [1.807, 2.05) is 0 Å². The zero-order valence-electron chi connectivity index (χ0n) is 15.0. The molecule has 5 N–H and O–H groups in total. The van der Waals surface area contributed by atoms with Gasteiger partial charge < -0.3 is 25.7 Å². The van der Waals surface area contributed by atoms with Crippen molar-refractivity contribution in [2.24, 2.45) is 4.99 Å². The zero-order chi connectivity index (χ0) is 17.8. The zero-order valence-corrected chi connectivity index (χ0v) is 15.0. The number of amidine groups is 1. The van der Waals surface area contributed by atoms with Gasteiger partial charge in [0.05, 0.1) is 12.6 Å². The number of aliphatic hydroxyl groups excluding tert-OH is 4. The Morgan fingerprint density at radius 3 is 1.92 bits per heavy atom. The molecular formula is C18H36N2O4. The first-order valence-corrected chi connectivity index (χ1v) is 9.57. The summed E-state index contributed by atoms with van der Waals surface area (Å²) in [6.45, 7) is 2.50. The minimum atomic E-state index is -1.31. The summed E-state index contributed by atoms with van der Waals surface area (Å²) in [4.78, 5) is 4.29. The summed E-state index contributed by atoms with van der Waals surface area (Å²) in [5, 5.41) is 41.3. The Balaban J connectivity index is 2.11. The Morgan fingerprint density at radius 2 is 1.38 bits per heavy atom. The Hall–Kier alpha value is -0.690. The van der Waals surface area contributed by atoms with Gasteiger partial charge in [0.15, 0.2) is 0 Å². The van der Waals surface area contributed by atoms with Gasteiger partial charge in [-0.2, -0.15) is 0 Å². The molecule has 1 heterocycles. The quantitative estimate of drug-likeness (QED) is 0.344. The van der Waals surface area contributed by atoms with Crippen LogP contribution in [0, 0.1) is 0 Å². The SMILES string of the molecule is CCCCCCCCCCCCN=C1N[C@H](CO)[C@@H](O)[C@H](O)[C@H]1O. The van der Waals surface area contributed by atoms with Gasteiger partial charge in [-0.15, -0.1) is 0 Å². The topological polar surface area (TPSA) is 105 Å². The maximum absolute atomic E-state index is 9.90. The molecule has 0 aliphatic carbocycles. The van der Waals surface area contributed by atoms with Crippen molar-refractivity contribution < 1.29 is 20.4 Å². The summed E-state index contributed by atoms with van der Waals surface area (Å²) in [6.07, 6.45) is 8.79. The Kier molecular flexibility index (Phi) is 11.2. The smallest absolute Gasteiger partial charge is 0.139 e. The van der Waals surface area contributed by atoms with Crippen LogP contribution in [0.2, 0.25) is 0 Å². The second kappa shape index (κ2) is 12.6. The molecule has 1 fully saturated rings. The van der Waals surface area contributed by atoms with E-state index in [0.717, 1.165) is 12.8 Å². The van der Waals surface area contributed by atoms with Crippen LogP contribution in [0.15, 0.2) is 4.99 Å². The molecule has 0 aromatic rings. The molecule has 0 unspecified atom stereocenters. The average molecular weight is 344 g/mol. The van der Waals surface area contributed by atoms with Crippen LogP contribution in [0.3, 0.4) is 0 Å². The van der Waals surface area contributed by atoms with Gasteiger partial charge in [0.1, 0.15) is 24.1 Å². The number of unbranched alkanes of at least 4 members (excludes halogenated alkanes) is 9. The van der Waals surface area contributed by atoms with E-state index < -0.39 is 24.4 Å². The fraction of sp³-hybridized carbons (Fsp3) is 0.944. The normalized spacial score (nSPS) is 29.0. The lowest BCUT2D eigenvalue weighted by Crippen LogP contribution is -2.63. The van der Waals surface area contributed by atoms with Crippen LogP contribution in [0.4, 0.5) is 0 Å². The molecule has 0 saturated carbocycles. The van der Waals surface area contributed by atoms with Gasteiger partial charge in [-0.05, 0) is 6.42 Å². The van der Waals surface area contributed by atoms with E-state index in [4.69, 9.17) is 0 Å². The van der Waals surface area contributed by atoms with Gasteiger partial charge in [-0.1, -0.05) is 64.7 Å². The van der Waals surface area contributed by atoms with Crippen molar-refractivity contribution in [2.75, 3.05) is 13.2 Å². The van der Waals surface area contributed by atoms with Crippen LogP contribution in [0.5, 0.6) is 0 Å². The van der Waals surface area contributed by atoms with E-state index in [-0.39, 0.29) is 12.4 Å². The Bertz CT molecular complexity index is 350. The van der Waals surface area contributed by atoms with Gasteiger partial charge in [0.2, 0.25) is 0 Å². The molecule has 0 radical (unpaired) electrons. The van der Waals surface area contributed by atoms with Gasteiger partial charge in [-0.3, -0.25) is 4.99 Å². The lowest BCUT2D eigenvalue weighted by Gasteiger charge is -2.36. The maximum atomic E-state index is 9.90. The molecule has 6 heteroatoms. The van der Waals surface area contributed by atoms with Crippen LogP contribution in [0.1, 0.15) is 71.1 Å². The monoisotopic (exact) mass is 344 g/mol. The summed E-state index contributed by atoms with van der Waals surface area (Å²) >= 11 is 0. The van der Waals surface area contributed by atoms with E-state index >= 15 is 0 Å². The molecule has 6 nitrogen and oxygen atoms in total. The summed E-state index contributed by atoms with van der Waals surface area (Å²) in [7, 11) is 0. The first-order valence-electron chi connectivity index (χ1n) is 9.57. The van der Waals surface area contributed by atoms with Gasteiger partial charge >= 0.3 is 0 Å². The minimum absolute atomic E-state index is 0.266. The van der Waals surface area contributed by atoms with Crippen molar-refractivity contribution in [3.8, 4) is 0 Å². The molecule has 142 valence electrons. The molecule has 0 amide bonds. The number of aliphatic imine (C=N–C) groups is 1. The molecular weight excluding hydrogens is 308 g/mol. The van der Waals surface area contributed by atoms with Crippen molar-refractivity contribution >= 4 is 5.84 Å². The van der Waals surface area contributed by atoms with Crippen molar-refractivity contribution in [3.05, 3.63) is 0 Å². The van der Waals surface area contributed by atoms with Crippen LogP contribution < -0.4 is 5.32 Å². The number of aliphatic hydroxyl groups is 4. The first-order chi connectivity index (χ1) is 11.6. The standard InChI is InChI=1S/C18H36N2O4/c1-2-3-4-5-6-7-8-9-10-11-12-19-18-17(24)16(23)15(22)14(13-21)20-18/h14-17,21-24H,2-13H2,1H3,(H,19,20)/t14-,15-,16+,17-/m1/s1. The molecule has 1 saturated heterocycles.